The lowest BCUT2D eigenvalue weighted by atomic mass is 10.0. The maximum atomic E-state index is 13.9. The summed E-state index contributed by atoms with van der Waals surface area (Å²) in [4.78, 5) is 1.77. The van der Waals surface area contributed by atoms with E-state index in [1.54, 1.807) is 24.1 Å². The van der Waals surface area contributed by atoms with Crippen molar-refractivity contribution in [3.05, 3.63) is 71.0 Å². The van der Waals surface area contributed by atoms with Crippen molar-refractivity contribution in [3.63, 3.8) is 0 Å². The van der Waals surface area contributed by atoms with E-state index in [1.165, 1.54) is 12.1 Å². The third-order valence-electron chi connectivity index (χ3n) is 3.39. The Morgan fingerprint density at radius 3 is 2.43 bits per heavy atom. The van der Waals surface area contributed by atoms with Crippen LogP contribution < -0.4 is 5.73 Å². The van der Waals surface area contributed by atoms with Crippen LogP contribution in [0.2, 0.25) is 0 Å². The highest BCUT2D eigenvalue weighted by Crippen LogP contribution is 2.24. The highest BCUT2D eigenvalue weighted by Gasteiger charge is 2.20. The molecular formula is C16H17F3N2. The molecule has 2 N–H and O–H groups in total. The van der Waals surface area contributed by atoms with E-state index in [-0.39, 0.29) is 17.9 Å². The number of likely N-dealkylation sites (N-methyl/N-ethyl adjacent to an activating group) is 1. The summed E-state index contributed by atoms with van der Waals surface area (Å²) >= 11 is 0. The number of benzene rings is 2. The van der Waals surface area contributed by atoms with Gasteiger partial charge in [0.2, 0.25) is 0 Å². The van der Waals surface area contributed by atoms with Gasteiger partial charge < -0.3 is 5.73 Å². The van der Waals surface area contributed by atoms with Gasteiger partial charge >= 0.3 is 0 Å². The fraction of sp³-hybridized carbons (Fsp3) is 0.250. The first-order chi connectivity index (χ1) is 10.0. The maximum Gasteiger partial charge on any atom is 0.128 e. The smallest absolute Gasteiger partial charge is 0.128 e. The lowest BCUT2D eigenvalue weighted by Gasteiger charge is -2.27. The minimum Gasteiger partial charge on any atom is -0.329 e. The summed E-state index contributed by atoms with van der Waals surface area (Å²) in [5.41, 5.74) is 6.65. The fourth-order valence-electron chi connectivity index (χ4n) is 2.35. The molecule has 112 valence electrons. The SMILES string of the molecule is CN(Cc1cccc(F)c1)C(CN)c1cc(F)ccc1F. The Balaban J connectivity index is 2.22. The van der Waals surface area contributed by atoms with Gasteiger partial charge in [0.05, 0.1) is 6.04 Å². The molecule has 0 amide bonds. The topological polar surface area (TPSA) is 29.3 Å². The zero-order valence-corrected chi connectivity index (χ0v) is 11.7. The molecule has 1 atom stereocenters. The van der Waals surface area contributed by atoms with Gasteiger partial charge in [-0.05, 0) is 42.9 Å². The fourth-order valence-corrected chi connectivity index (χ4v) is 2.35. The molecule has 2 rings (SSSR count). The first-order valence-corrected chi connectivity index (χ1v) is 6.61. The van der Waals surface area contributed by atoms with Gasteiger partial charge in [-0.25, -0.2) is 13.2 Å². The largest absolute Gasteiger partial charge is 0.329 e. The second kappa shape index (κ2) is 6.74. The molecule has 0 fully saturated rings. The van der Waals surface area contributed by atoms with Gasteiger partial charge in [-0.3, -0.25) is 4.90 Å². The van der Waals surface area contributed by atoms with Gasteiger partial charge in [-0.15, -0.1) is 0 Å². The second-order valence-electron chi connectivity index (χ2n) is 4.96. The molecule has 0 aliphatic carbocycles. The standard InChI is InChI=1S/C16H17F3N2/c1-21(10-11-3-2-4-12(17)7-11)16(9-20)14-8-13(18)5-6-15(14)19/h2-8,16H,9-10,20H2,1H3. The van der Waals surface area contributed by atoms with Crippen molar-refractivity contribution in [2.45, 2.75) is 12.6 Å². The zero-order chi connectivity index (χ0) is 15.4. The Kier molecular flexibility index (Phi) is 4.98. The highest BCUT2D eigenvalue weighted by atomic mass is 19.1. The number of halogens is 3. The monoisotopic (exact) mass is 294 g/mol. The van der Waals surface area contributed by atoms with E-state index in [9.17, 15) is 13.2 Å². The molecule has 2 aromatic rings. The van der Waals surface area contributed by atoms with Crippen molar-refractivity contribution >= 4 is 0 Å². The quantitative estimate of drug-likeness (QED) is 0.917. The van der Waals surface area contributed by atoms with Crippen LogP contribution >= 0.6 is 0 Å². The minimum atomic E-state index is -0.510. The molecule has 2 aromatic carbocycles. The summed E-state index contributed by atoms with van der Waals surface area (Å²) in [6.45, 7) is 0.516. The molecule has 0 heterocycles. The zero-order valence-electron chi connectivity index (χ0n) is 11.7. The van der Waals surface area contributed by atoms with Crippen LogP contribution in [0.4, 0.5) is 13.2 Å². The summed E-state index contributed by atoms with van der Waals surface area (Å²) in [5, 5.41) is 0. The Bertz CT molecular complexity index is 616. The Labute approximate surface area is 122 Å². The molecule has 5 heteroatoms. The Morgan fingerprint density at radius 1 is 1.05 bits per heavy atom. The normalized spacial score (nSPS) is 12.7. The molecule has 2 nitrogen and oxygen atoms in total. The average Bonchev–Trinajstić information content (AvgIpc) is 2.43. The van der Waals surface area contributed by atoms with Crippen LogP contribution in [0.5, 0.6) is 0 Å². The highest BCUT2D eigenvalue weighted by molar-refractivity contribution is 5.23. The predicted octanol–water partition coefficient (Wildman–Crippen LogP) is 3.24. The summed E-state index contributed by atoms with van der Waals surface area (Å²) < 4.78 is 40.4. The van der Waals surface area contributed by atoms with E-state index >= 15 is 0 Å². The van der Waals surface area contributed by atoms with Gasteiger partial charge in [0.25, 0.3) is 0 Å². The Hall–Kier alpha value is -1.85. The lowest BCUT2D eigenvalue weighted by molar-refractivity contribution is 0.236. The van der Waals surface area contributed by atoms with Crippen molar-refractivity contribution in [2.75, 3.05) is 13.6 Å². The third-order valence-corrected chi connectivity index (χ3v) is 3.39. The number of rotatable bonds is 5. The number of nitrogens with two attached hydrogens (primary N) is 1. The van der Waals surface area contributed by atoms with Gasteiger partial charge in [0.15, 0.2) is 0 Å². The van der Waals surface area contributed by atoms with Crippen LogP contribution in [0.25, 0.3) is 0 Å². The molecule has 0 spiro atoms. The molecule has 0 saturated carbocycles. The van der Waals surface area contributed by atoms with Crippen LogP contribution in [-0.2, 0) is 6.54 Å². The lowest BCUT2D eigenvalue weighted by Crippen LogP contribution is -2.31. The Morgan fingerprint density at radius 2 is 1.76 bits per heavy atom. The maximum absolute atomic E-state index is 13.9. The van der Waals surface area contributed by atoms with Gasteiger partial charge in [0.1, 0.15) is 17.5 Å². The molecular weight excluding hydrogens is 277 g/mol. The van der Waals surface area contributed by atoms with Crippen LogP contribution in [0.15, 0.2) is 42.5 Å². The molecule has 21 heavy (non-hydrogen) atoms. The molecule has 0 radical (unpaired) electrons. The van der Waals surface area contributed by atoms with Crippen molar-refractivity contribution < 1.29 is 13.2 Å². The van der Waals surface area contributed by atoms with E-state index in [0.717, 1.165) is 23.8 Å². The third kappa shape index (κ3) is 3.83. The number of hydrogen-bond acceptors (Lipinski definition) is 2. The van der Waals surface area contributed by atoms with Crippen molar-refractivity contribution in [1.29, 1.82) is 0 Å². The van der Waals surface area contributed by atoms with Gasteiger partial charge in [0, 0.05) is 18.7 Å². The first-order valence-electron chi connectivity index (χ1n) is 6.61. The number of hydrogen-bond donors (Lipinski definition) is 1. The predicted molar refractivity (Wildman–Crippen MR) is 76.0 cm³/mol. The van der Waals surface area contributed by atoms with Crippen LogP contribution in [-0.4, -0.2) is 18.5 Å². The average molecular weight is 294 g/mol. The molecule has 0 bridgehead atoms. The first kappa shape index (κ1) is 15.5. The van der Waals surface area contributed by atoms with Crippen LogP contribution in [0.1, 0.15) is 17.2 Å². The van der Waals surface area contributed by atoms with E-state index in [4.69, 9.17) is 5.73 Å². The van der Waals surface area contributed by atoms with Gasteiger partial charge in [-0.1, -0.05) is 12.1 Å². The van der Waals surface area contributed by atoms with Crippen LogP contribution in [0.3, 0.4) is 0 Å². The molecule has 0 aliphatic heterocycles. The van der Waals surface area contributed by atoms with E-state index in [0.29, 0.717) is 6.54 Å². The molecule has 0 saturated heterocycles. The molecule has 0 aliphatic rings. The minimum absolute atomic E-state index is 0.131. The molecule has 1 unspecified atom stereocenters. The van der Waals surface area contributed by atoms with E-state index < -0.39 is 17.7 Å². The number of nitrogens with zero attached hydrogens (tertiary/aromatic N) is 1. The van der Waals surface area contributed by atoms with Gasteiger partial charge in [-0.2, -0.15) is 0 Å². The van der Waals surface area contributed by atoms with Crippen molar-refractivity contribution in [1.82, 2.24) is 4.90 Å². The second-order valence-corrected chi connectivity index (χ2v) is 4.96. The van der Waals surface area contributed by atoms with Crippen molar-refractivity contribution in [2.24, 2.45) is 5.73 Å². The van der Waals surface area contributed by atoms with E-state index in [1.807, 2.05) is 0 Å². The summed E-state index contributed by atoms with van der Waals surface area (Å²) in [6.07, 6.45) is 0. The summed E-state index contributed by atoms with van der Waals surface area (Å²) in [5.74, 6) is -1.34. The summed E-state index contributed by atoms with van der Waals surface area (Å²) in [6, 6.07) is 8.97. The summed E-state index contributed by atoms with van der Waals surface area (Å²) in [7, 11) is 1.74. The van der Waals surface area contributed by atoms with Crippen molar-refractivity contribution in [3.8, 4) is 0 Å². The molecule has 0 aromatic heterocycles. The van der Waals surface area contributed by atoms with E-state index in [2.05, 4.69) is 0 Å². The van der Waals surface area contributed by atoms with Crippen LogP contribution in [0, 0.1) is 17.5 Å².